The van der Waals surface area contributed by atoms with E-state index < -0.39 is 0 Å². The average molecular weight is 185 g/mol. The zero-order valence-electron chi connectivity index (χ0n) is 8.66. The minimum Gasteiger partial charge on any atom is -0.332 e. The topological polar surface area (TPSA) is 20.3 Å². The first-order valence-electron chi connectivity index (χ1n) is 4.63. The van der Waals surface area contributed by atoms with Crippen molar-refractivity contribution in [2.24, 2.45) is 0 Å². The lowest BCUT2D eigenvalue weighted by molar-refractivity contribution is 0.0691. The molecule has 3 heteroatoms. The highest BCUT2D eigenvalue weighted by Gasteiger charge is 2.40. The van der Waals surface area contributed by atoms with Gasteiger partial charge in [0.15, 0.2) is 0 Å². The highest BCUT2D eigenvalue weighted by Crippen LogP contribution is 2.36. The molecule has 0 unspecified atom stereocenters. The Balaban J connectivity index is 2.68. The van der Waals surface area contributed by atoms with Crippen LogP contribution in [0.3, 0.4) is 0 Å². The van der Waals surface area contributed by atoms with Gasteiger partial charge in [-0.15, -0.1) is 0 Å². The predicted octanol–water partition coefficient (Wildman–Crippen LogP) is 0.801. The van der Waals surface area contributed by atoms with E-state index in [1.807, 2.05) is 33.0 Å². The molecular weight excluding hydrogens is 173 g/mol. The van der Waals surface area contributed by atoms with E-state index in [0.29, 0.717) is 5.46 Å². The number of rotatable bonds is 0. The van der Waals surface area contributed by atoms with Crippen LogP contribution in [0.15, 0.2) is 18.2 Å². The van der Waals surface area contributed by atoms with E-state index in [1.165, 1.54) is 0 Å². The number of amides is 1. The van der Waals surface area contributed by atoms with E-state index in [2.05, 4.69) is 0 Å². The monoisotopic (exact) mass is 185 g/mol. The molecule has 0 bridgehead atoms. The Bertz CT molecular complexity index is 412. The second-order valence-electron chi connectivity index (χ2n) is 4.23. The lowest BCUT2D eigenvalue weighted by atomic mass is 9.88. The van der Waals surface area contributed by atoms with Gasteiger partial charge >= 0.3 is 0 Å². The number of carbonyl (C=O) groups excluding carboxylic acids is 1. The van der Waals surface area contributed by atoms with Crippen LogP contribution in [-0.2, 0) is 5.54 Å². The Kier molecular flexibility index (Phi) is 1.75. The summed E-state index contributed by atoms with van der Waals surface area (Å²) in [7, 11) is 7.47. The molecule has 0 aromatic heterocycles. The smallest absolute Gasteiger partial charge is 0.254 e. The molecule has 70 valence electrons. The summed E-state index contributed by atoms with van der Waals surface area (Å²) in [6.45, 7) is 4.07. The van der Waals surface area contributed by atoms with Gasteiger partial charge in [-0.05, 0) is 19.4 Å². The fourth-order valence-electron chi connectivity index (χ4n) is 1.89. The molecule has 2 nitrogen and oxygen atoms in total. The third-order valence-electron chi connectivity index (χ3n) is 3.08. The molecule has 0 saturated heterocycles. The molecule has 0 aliphatic carbocycles. The van der Waals surface area contributed by atoms with Crippen molar-refractivity contribution in [1.82, 2.24) is 4.90 Å². The summed E-state index contributed by atoms with van der Waals surface area (Å²) < 4.78 is 0. The van der Waals surface area contributed by atoms with Crippen molar-refractivity contribution in [2.45, 2.75) is 19.4 Å². The molecule has 2 radical (unpaired) electrons. The maximum absolute atomic E-state index is 11.8. The number of fused-ring (bicyclic) bond motifs is 1. The molecule has 14 heavy (non-hydrogen) atoms. The van der Waals surface area contributed by atoms with Gasteiger partial charge in [0.1, 0.15) is 7.85 Å². The van der Waals surface area contributed by atoms with Crippen LogP contribution in [0.5, 0.6) is 0 Å². The highest BCUT2D eigenvalue weighted by atomic mass is 16.2. The van der Waals surface area contributed by atoms with Gasteiger partial charge < -0.3 is 4.90 Å². The van der Waals surface area contributed by atoms with Crippen molar-refractivity contribution in [3.8, 4) is 0 Å². The first kappa shape index (κ1) is 9.32. The minimum absolute atomic E-state index is 0.0531. The summed E-state index contributed by atoms with van der Waals surface area (Å²) in [5.41, 5.74) is 2.21. The summed E-state index contributed by atoms with van der Waals surface area (Å²) in [5, 5.41) is 0. The molecule has 0 N–H and O–H groups in total. The Morgan fingerprint density at radius 1 is 1.36 bits per heavy atom. The van der Waals surface area contributed by atoms with E-state index in [1.54, 1.807) is 11.0 Å². The lowest BCUT2D eigenvalue weighted by Crippen LogP contribution is -2.35. The van der Waals surface area contributed by atoms with Crippen LogP contribution in [0.4, 0.5) is 0 Å². The molecule has 2 rings (SSSR count). The molecule has 1 aromatic rings. The molecule has 1 heterocycles. The number of nitrogens with zero attached hydrogens (tertiary/aromatic N) is 1. The number of benzene rings is 1. The van der Waals surface area contributed by atoms with Gasteiger partial charge in [0, 0.05) is 12.6 Å². The van der Waals surface area contributed by atoms with E-state index in [0.717, 1.165) is 11.1 Å². The average Bonchev–Trinajstić information content (AvgIpc) is 2.28. The van der Waals surface area contributed by atoms with Crippen LogP contribution >= 0.6 is 0 Å². The van der Waals surface area contributed by atoms with Crippen molar-refractivity contribution >= 4 is 19.2 Å². The van der Waals surface area contributed by atoms with Crippen molar-refractivity contribution in [3.05, 3.63) is 29.3 Å². The van der Waals surface area contributed by atoms with Gasteiger partial charge in [0.2, 0.25) is 0 Å². The number of hydrogen-bond acceptors (Lipinski definition) is 1. The zero-order chi connectivity index (χ0) is 10.5. The fraction of sp³-hybridized carbons (Fsp3) is 0.364. The van der Waals surface area contributed by atoms with Gasteiger partial charge in [-0.1, -0.05) is 23.7 Å². The van der Waals surface area contributed by atoms with Crippen molar-refractivity contribution < 1.29 is 4.79 Å². The third-order valence-corrected chi connectivity index (χ3v) is 3.08. The molecule has 1 aliphatic rings. The molecule has 0 spiro atoms. The molecule has 1 aromatic carbocycles. The summed E-state index contributed by atoms with van der Waals surface area (Å²) in [6.07, 6.45) is 0. The minimum atomic E-state index is -0.222. The fourth-order valence-corrected chi connectivity index (χ4v) is 1.89. The summed E-state index contributed by atoms with van der Waals surface area (Å²) >= 11 is 0. The SMILES string of the molecule is [B]c1ccc2c(c1)C(=O)N(C)C2(C)C. The third kappa shape index (κ3) is 1.01. The highest BCUT2D eigenvalue weighted by molar-refractivity contribution is 6.32. The molecule has 0 atom stereocenters. The van der Waals surface area contributed by atoms with Crippen molar-refractivity contribution in [3.63, 3.8) is 0 Å². The van der Waals surface area contributed by atoms with E-state index >= 15 is 0 Å². The van der Waals surface area contributed by atoms with Crippen molar-refractivity contribution in [2.75, 3.05) is 7.05 Å². The summed E-state index contributed by atoms with van der Waals surface area (Å²) in [5.74, 6) is 0.0531. The van der Waals surface area contributed by atoms with Gasteiger partial charge in [0.05, 0.1) is 5.54 Å². The van der Waals surface area contributed by atoms with Gasteiger partial charge in [-0.25, -0.2) is 0 Å². The molecule has 1 aliphatic heterocycles. The second-order valence-corrected chi connectivity index (χ2v) is 4.23. The van der Waals surface area contributed by atoms with Crippen LogP contribution in [-0.4, -0.2) is 25.7 Å². The Morgan fingerprint density at radius 3 is 2.64 bits per heavy atom. The second kappa shape index (κ2) is 2.63. The maximum Gasteiger partial charge on any atom is 0.254 e. The predicted molar refractivity (Wildman–Crippen MR) is 56.9 cm³/mol. The van der Waals surface area contributed by atoms with Gasteiger partial charge in [-0.2, -0.15) is 0 Å². The standard InChI is InChI=1S/C11H12BNO/c1-11(2)9-5-4-7(12)6-8(9)10(14)13(11)3/h4-6H,1-3H3. The van der Waals surface area contributed by atoms with Gasteiger partial charge in [-0.3, -0.25) is 4.79 Å². The summed E-state index contributed by atoms with van der Waals surface area (Å²) in [6, 6.07) is 5.53. The zero-order valence-corrected chi connectivity index (χ0v) is 8.66. The van der Waals surface area contributed by atoms with Crippen LogP contribution in [0.1, 0.15) is 29.8 Å². The normalized spacial score (nSPS) is 18.5. The van der Waals surface area contributed by atoms with E-state index in [9.17, 15) is 4.79 Å². The molecule has 0 saturated carbocycles. The Hall–Kier alpha value is -1.25. The van der Waals surface area contributed by atoms with E-state index in [-0.39, 0.29) is 11.4 Å². The first-order chi connectivity index (χ1) is 6.44. The Morgan fingerprint density at radius 2 is 2.00 bits per heavy atom. The van der Waals surface area contributed by atoms with E-state index in [4.69, 9.17) is 7.85 Å². The largest absolute Gasteiger partial charge is 0.332 e. The molecule has 0 fully saturated rings. The summed E-state index contributed by atoms with van der Waals surface area (Å²) in [4.78, 5) is 13.6. The number of hydrogen-bond donors (Lipinski definition) is 0. The molecule has 1 amide bonds. The van der Waals surface area contributed by atoms with Gasteiger partial charge in [0.25, 0.3) is 5.91 Å². The number of carbonyl (C=O) groups is 1. The van der Waals surface area contributed by atoms with Crippen LogP contribution < -0.4 is 5.46 Å². The van der Waals surface area contributed by atoms with Crippen molar-refractivity contribution in [1.29, 1.82) is 0 Å². The van der Waals surface area contributed by atoms with Crippen LogP contribution in [0.25, 0.3) is 0 Å². The molecular formula is C11H12BNO. The maximum atomic E-state index is 11.8. The lowest BCUT2D eigenvalue weighted by Gasteiger charge is -2.28. The van der Waals surface area contributed by atoms with Crippen LogP contribution in [0, 0.1) is 0 Å². The van der Waals surface area contributed by atoms with Crippen LogP contribution in [0.2, 0.25) is 0 Å². The first-order valence-corrected chi connectivity index (χ1v) is 4.63. The quantitative estimate of drug-likeness (QED) is 0.547. The Labute approximate surface area is 85.3 Å².